The van der Waals surface area contributed by atoms with Crippen LogP contribution >= 0.6 is 0 Å². The summed E-state index contributed by atoms with van der Waals surface area (Å²) in [6.45, 7) is 2.76. The second-order valence-corrected chi connectivity index (χ2v) is 6.72. The number of aromatic nitrogens is 2. The maximum Gasteiger partial charge on any atom is 0.231 e. The maximum atomic E-state index is 5.57. The highest BCUT2D eigenvalue weighted by molar-refractivity contribution is 5.56. The molecule has 2 aromatic carbocycles. The van der Waals surface area contributed by atoms with E-state index in [1.54, 1.807) is 14.2 Å². The van der Waals surface area contributed by atoms with Crippen LogP contribution in [0.1, 0.15) is 23.8 Å². The number of hydrogen-bond donors (Lipinski definition) is 0. The van der Waals surface area contributed by atoms with E-state index in [9.17, 15) is 0 Å². The van der Waals surface area contributed by atoms with Crippen LogP contribution in [0, 0.1) is 0 Å². The third kappa shape index (κ3) is 3.80. The normalized spacial score (nSPS) is 17.2. The van der Waals surface area contributed by atoms with Gasteiger partial charge in [0, 0.05) is 24.2 Å². The molecule has 1 aliphatic rings. The van der Waals surface area contributed by atoms with Gasteiger partial charge in [0.15, 0.2) is 0 Å². The van der Waals surface area contributed by atoms with Gasteiger partial charge in [-0.15, -0.1) is 0 Å². The summed E-state index contributed by atoms with van der Waals surface area (Å²) in [6, 6.07) is 15.8. The molecule has 1 fully saturated rings. The van der Waals surface area contributed by atoms with E-state index in [1.807, 2.05) is 42.5 Å². The Bertz CT molecular complexity index is 909. The number of ether oxygens (including phenoxy) is 2. The third-order valence-electron chi connectivity index (χ3n) is 4.98. The van der Waals surface area contributed by atoms with Crippen LogP contribution in [0.3, 0.4) is 0 Å². The summed E-state index contributed by atoms with van der Waals surface area (Å²) in [5.41, 5.74) is 2.09. The summed E-state index contributed by atoms with van der Waals surface area (Å²) in [6.07, 6.45) is 1.01. The minimum Gasteiger partial charge on any atom is -0.497 e. The monoisotopic (exact) mass is 365 g/mol. The Morgan fingerprint density at radius 2 is 2.00 bits per heavy atom. The SMILES string of the molecule is COc1cccc(-c2noc(C3CCN(Cc4ccccc4OC)C3)n2)c1. The van der Waals surface area contributed by atoms with E-state index in [0.717, 1.165) is 43.1 Å². The van der Waals surface area contributed by atoms with Gasteiger partial charge in [-0.25, -0.2) is 0 Å². The second-order valence-electron chi connectivity index (χ2n) is 6.72. The van der Waals surface area contributed by atoms with E-state index < -0.39 is 0 Å². The van der Waals surface area contributed by atoms with Crippen LogP contribution in [0.2, 0.25) is 0 Å². The Morgan fingerprint density at radius 1 is 1.11 bits per heavy atom. The molecule has 1 unspecified atom stereocenters. The summed E-state index contributed by atoms with van der Waals surface area (Å²) >= 11 is 0. The summed E-state index contributed by atoms with van der Waals surface area (Å²) in [4.78, 5) is 7.03. The molecule has 0 saturated carbocycles. The molecule has 27 heavy (non-hydrogen) atoms. The molecule has 1 aromatic heterocycles. The standard InChI is InChI=1S/C21H23N3O3/c1-25-18-8-5-7-15(12-18)20-22-21(27-23-20)17-10-11-24(14-17)13-16-6-3-4-9-19(16)26-2/h3-9,12,17H,10-11,13-14H2,1-2H3. The molecule has 0 radical (unpaired) electrons. The number of methoxy groups -OCH3 is 2. The molecule has 1 saturated heterocycles. The van der Waals surface area contributed by atoms with Gasteiger partial charge in [0.1, 0.15) is 11.5 Å². The molecule has 6 nitrogen and oxygen atoms in total. The second kappa shape index (κ2) is 7.80. The van der Waals surface area contributed by atoms with E-state index in [-0.39, 0.29) is 5.92 Å². The van der Waals surface area contributed by atoms with Gasteiger partial charge >= 0.3 is 0 Å². The topological polar surface area (TPSA) is 60.6 Å². The van der Waals surface area contributed by atoms with Crippen molar-refractivity contribution < 1.29 is 14.0 Å². The van der Waals surface area contributed by atoms with Crippen LogP contribution in [-0.4, -0.2) is 42.3 Å². The van der Waals surface area contributed by atoms with Crippen molar-refractivity contribution in [3.05, 3.63) is 60.0 Å². The molecule has 0 amide bonds. The Morgan fingerprint density at radius 3 is 2.85 bits per heavy atom. The van der Waals surface area contributed by atoms with Gasteiger partial charge < -0.3 is 14.0 Å². The lowest BCUT2D eigenvalue weighted by Gasteiger charge is -2.17. The van der Waals surface area contributed by atoms with Gasteiger partial charge in [-0.2, -0.15) is 4.98 Å². The molecule has 140 valence electrons. The highest BCUT2D eigenvalue weighted by Gasteiger charge is 2.29. The van der Waals surface area contributed by atoms with Crippen molar-refractivity contribution in [3.63, 3.8) is 0 Å². The van der Waals surface area contributed by atoms with E-state index >= 15 is 0 Å². The van der Waals surface area contributed by atoms with Gasteiger partial charge in [0.05, 0.1) is 20.1 Å². The molecular formula is C21H23N3O3. The van der Waals surface area contributed by atoms with Gasteiger partial charge in [-0.3, -0.25) is 4.90 Å². The Hall–Kier alpha value is -2.86. The molecule has 0 aliphatic carbocycles. The number of para-hydroxylation sites is 1. The zero-order valence-electron chi connectivity index (χ0n) is 15.6. The first-order valence-corrected chi connectivity index (χ1v) is 9.09. The number of likely N-dealkylation sites (tertiary alicyclic amines) is 1. The van der Waals surface area contributed by atoms with Crippen LogP contribution in [0.4, 0.5) is 0 Å². The van der Waals surface area contributed by atoms with Crippen LogP contribution in [-0.2, 0) is 6.54 Å². The molecule has 0 bridgehead atoms. The van der Waals surface area contributed by atoms with Gasteiger partial charge in [-0.1, -0.05) is 35.5 Å². The predicted molar refractivity (Wildman–Crippen MR) is 102 cm³/mol. The van der Waals surface area contributed by atoms with Crippen molar-refractivity contribution >= 4 is 0 Å². The van der Waals surface area contributed by atoms with Crippen molar-refractivity contribution in [1.82, 2.24) is 15.0 Å². The minimum absolute atomic E-state index is 0.256. The van der Waals surface area contributed by atoms with Gasteiger partial charge in [0.2, 0.25) is 11.7 Å². The summed E-state index contributed by atoms with van der Waals surface area (Å²) in [7, 11) is 3.36. The molecule has 3 aromatic rings. The van der Waals surface area contributed by atoms with Crippen molar-refractivity contribution in [1.29, 1.82) is 0 Å². The number of rotatable bonds is 6. The van der Waals surface area contributed by atoms with E-state index in [0.29, 0.717) is 11.7 Å². The van der Waals surface area contributed by atoms with Crippen LogP contribution in [0.5, 0.6) is 11.5 Å². The molecule has 2 heterocycles. The van der Waals surface area contributed by atoms with Crippen LogP contribution in [0.15, 0.2) is 53.1 Å². The highest BCUT2D eigenvalue weighted by Crippen LogP contribution is 2.30. The zero-order valence-corrected chi connectivity index (χ0v) is 15.6. The smallest absolute Gasteiger partial charge is 0.231 e. The molecule has 0 spiro atoms. The fourth-order valence-electron chi connectivity index (χ4n) is 3.53. The van der Waals surface area contributed by atoms with Crippen LogP contribution < -0.4 is 9.47 Å². The molecule has 4 rings (SSSR count). The predicted octanol–water partition coefficient (Wildman–Crippen LogP) is 3.74. The highest BCUT2D eigenvalue weighted by atomic mass is 16.5. The Labute approximate surface area is 158 Å². The minimum atomic E-state index is 0.256. The molecule has 6 heteroatoms. The van der Waals surface area contributed by atoms with Crippen molar-refractivity contribution in [3.8, 4) is 22.9 Å². The average Bonchev–Trinajstić information content (AvgIpc) is 3.38. The summed E-state index contributed by atoms with van der Waals surface area (Å²) in [5.74, 6) is 3.27. The van der Waals surface area contributed by atoms with Gasteiger partial charge in [-0.05, 0) is 31.2 Å². The number of benzene rings is 2. The number of nitrogens with zero attached hydrogens (tertiary/aromatic N) is 3. The van der Waals surface area contributed by atoms with Crippen molar-refractivity contribution in [2.24, 2.45) is 0 Å². The van der Waals surface area contributed by atoms with E-state index in [4.69, 9.17) is 14.0 Å². The largest absolute Gasteiger partial charge is 0.497 e. The first kappa shape index (κ1) is 17.5. The zero-order chi connectivity index (χ0) is 18.6. The average molecular weight is 365 g/mol. The number of hydrogen-bond acceptors (Lipinski definition) is 6. The molecular weight excluding hydrogens is 342 g/mol. The summed E-state index contributed by atoms with van der Waals surface area (Å²) in [5, 5.41) is 4.16. The Kier molecular flexibility index (Phi) is 5.07. The molecule has 0 N–H and O–H groups in total. The lowest BCUT2D eigenvalue weighted by atomic mass is 10.1. The van der Waals surface area contributed by atoms with E-state index in [2.05, 4.69) is 21.1 Å². The fourth-order valence-corrected chi connectivity index (χ4v) is 3.53. The summed E-state index contributed by atoms with van der Waals surface area (Å²) < 4.78 is 16.3. The Balaban J connectivity index is 1.44. The first-order valence-electron chi connectivity index (χ1n) is 9.09. The first-order chi connectivity index (χ1) is 13.3. The lowest BCUT2D eigenvalue weighted by molar-refractivity contribution is 0.303. The van der Waals surface area contributed by atoms with Crippen molar-refractivity contribution in [2.45, 2.75) is 18.9 Å². The molecule has 1 atom stereocenters. The molecule has 1 aliphatic heterocycles. The fraction of sp³-hybridized carbons (Fsp3) is 0.333. The van der Waals surface area contributed by atoms with Gasteiger partial charge in [0.25, 0.3) is 0 Å². The van der Waals surface area contributed by atoms with E-state index in [1.165, 1.54) is 5.56 Å². The van der Waals surface area contributed by atoms with Crippen LogP contribution in [0.25, 0.3) is 11.4 Å². The third-order valence-corrected chi connectivity index (χ3v) is 4.98. The van der Waals surface area contributed by atoms with Crippen molar-refractivity contribution in [2.75, 3.05) is 27.3 Å². The quantitative estimate of drug-likeness (QED) is 0.663. The lowest BCUT2D eigenvalue weighted by Crippen LogP contribution is -2.20. The maximum absolute atomic E-state index is 5.57.